The van der Waals surface area contributed by atoms with Crippen LogP contribution in [0.25, 0.3) is 11.1 Å². The summed E-state index contributed by atoms with van der Waals surface area (Å²) in [5.74, 6) is 0. The van der Waals surface area contributed by atoms with Crippen molar-refractivity contribution in [3.63, 3.8) is 0 Å². The number of aromatic amines is 1. The minimum absolute atomic E-state index is 0.0846. The van der Waals surface area contributed by atoms with E-state index in [9.17, 15) is 18.0 Å². The average molecular weight is 343 g/mol. The van der Waals surface area contributed by atoms with Gasteiger partial charge in [-0.15, -0.1) is 0 Å². The largest absolute Gasteiger partial charge is 0.431 e. The van der Waals surface area contributed by atoms with Crippen molar-refractivity contribution in [2.24, 2.45) is 0 Å². The lowest BCUT2D eigenvalue weighted by Gasteiger charge is -2.13. The summed E-state index contributed by atoms with van der Waals surface area (Å²) < 4.78 is 38.9. The van der Waals surface area contributed by atoms with E-state index in [2.05, 4.69) is 0 Å². The highest BCUT2D eigenvalue weighted by Crippen LogP contribution is 2.40. The number of nitrogens with one attached hydrogen (secondary N) is 1. The SMILES string of the molecule is O=c1cc[nH]c(C(F)(F)F)c1-c1ccc(Cl)c(Cl)c1Cl. The first-order valence-corrected chi connectivity index (χ1v) is 6.29. The van der Waals surface area contributed by atoms with Gasteiger partial charge in [0, 0.05) is 17.8 Å². The molecular formula is C12H5Cl3F3NO. The Morgan fingerprint density at radius 2 is 1.65 bits per heavy atom. The van der Waals surface area contributed by atoms with Crippen molar-refractivity contribution in [2.75, 3.05) is 0 Å². The van der Waals surface area contributed by atoms with Crippen LogP contribution in [0.2, 0.25) is 15.1 Å². The van der Waals surface area contributed by atoms with Gasteiger partial charge in [-0.05, 0) is 6.07 Å². The summed E-state index contributed by atoms with van der Waals surface area (Å²) in [4.78, 5) is 13.8. The lowest BCUT2D eigenvalue weighted by atomic mass is 10.0. The molecule has 1 heterocycles. The number of aromatic nitrogens is 1. The fraction of sp³-hybridized carbons (Fsp3) is 0.0833. The fourth-order valence-corrected chi connectivity index (χ4v) is 2.32. The fourth-order valence-electron chi connectivity index (χ4n) is 1.69. The first-order valence-electron chi connectivity index (χ1n) is 5.16. The summed E-state index contributed by atoms with van der Waals surface area (Å²) in [6, 6.07) is 3.47. The zero-order chi connectivity index (χ0) is 15.1. The molecule has 0 aliphatic heterocycles. The first kappa shape index (κ1) is 15.2. The molecule has 106 valence electrons. The molecule has 0 bridgehead atoms. The number of halogens is 6. The molecular weight excluding hydrogens is 337 g/mol. The summed E-state index contributed by atoms with van der Waals surface area (Å²) in [5, 5.41) is -0.232. The van der Waals surface area contributed by atoms with E-state index in [1.165, 1.54) is 12.1 Å². The molecule has 8 heteroatoms. The zero-order valence-corrected chi connectivity index (χ0v) is 11.8. The lowest BCUT2D eigenvalue weighted by Crippen LogP contribution is -2.17. The molecule has 0 fully saturated rings. The number of H-pyrrole nitrogens is 1. The molecule has 2 aromatic rings. The highest BCUT2D eigenvalue weighted by atomic mass is 35.5. The Kier molecular flexibility index (Phi) is 4.04. The van der Waals surface area contributed by atoms with Gasteiger partial charge in [-0.1, -0.05) is 40.9 Å². The van der Waals surface area contributed by atoms with Gasteiger partial charge in [0.15, 0.2) is 5.43 Å². The van der Waals surface area contributed by atoms with E-state index in [1.54, 1.807) is 0 Å². The number of hydrogen-bond donors (Lipinski definition) is 1. The smallest absolute Gasteiger partial charge is 0.357 e. The van der Waals surface area contributed by atoms with Gasteiger partial charge in [-0.3, -0.25) is 4.79 Å². The molecule has 0 aliphatic carbocycles. The number of benzene rings is 1. The van der Waals surface area contributed by atoms with Crippen molar-refractivity contribution in [3.8, 4) is 11.1 Å². The minimum Gasteiger partial charge on any atom is -0.357 e. The van der Waals surface area contributed by atoms with Crippen LogP contribution in [0.15, 0.2) is 29.2 Å². The van der Waals surface area contributed by atoms with Gasteiger partial charge in [-0.25, -0.2) is 0 Å². The Bertz CT molecular complexity index is 725. The molecule has 0 saturated heterocycles. The van der Waals surface area contributed by atoms with Gasteiger partial charge in [0.25, 0.3) is 0 Å². The molecule has 0 saturated carbocycles. The van der Waals surface area contributed by atoms with Crippen LogP contribution in [0.3, 0.4) is 0 Å². The molecule has 0 aliphatic rings. The van der Waals surface area contributed by atoms with Crippen LogP contribution in [0.5, 0.6) is 0 Å². The standard InChI is InChI=1S/C12H5Cl3F3NO/c13-6-2-1-5(9(14)10(6)15)8-7(20)3-4-19-11(8)12(16,17)18/h1-4H,(H,19,20). The van der Waals surface area contributed by atoms with E-state index < -0.39 is 22.9 Å². The Labute approximate surface area is 126 Å². The average Bonchev–Trinajstić information content (AvgIpc) is 2.36. The van der Waals surface area contributed by atoms with Crippen LogP contribution in [-0.2, 0) is 6.18 Å². The predicted octanol–water partition coefficient (Wildman–Crippen LogP) is 5.02. The van der Waals surface area contributed by atoms with Crippen molar-refractivity contribution in [1.29, 1.82) is 0 Å². The van der Waals surface area contributed by atoms with Gasteiger partial charge in [0.2, 0.25) is 0 Å². The predicted molar refractivity (Wildman–Crippen MR) is 72.5 cm³/mol. The number of alkyl halides is 3. The van der Waals surface area contributed by atoms with Crippen molar-refractivity contribution in [3.05, 3.63) is 55.4 Å². The molecule has 0 radical (unpaired) electrons. The van der Waals surface area contributed by atoms with E-state index in [0.717, 1.165) is 12.3 Å². The maximum absolute atomic E-state index is 13.0. The molecule has 1 N–H and O–H groups in total. The Morgan fingerprint density at radius 1 is 1.00 bits per heavy atom. The van der Waals surface area contributed by atoms with Gasteiger partial charge in [0.05, 0.1) is 20.6 Å². The topological polar surface area (TPSA) is 32.9 Å². The van der Waals surface area contributed by atoms with E-state index in [4.69, 9.17) is 34.8 Å². The first-order chi connectivity index (χ1) is 9.23. The Hall–Kier alpha value is -1.17. The van der Waals surface area contributed by atoms with E-state index in [0.29, 0.717) is 0 Å². The molecule has 2 nitrogen and oxygen atoms in total. The molecule has 0 amide bonds. The summed E-state index contributed by atoms with van der Waals surface area (Å²) in [7, 11) is 0. The number of pyridine rings is 1. The van der Waals surface area contributed by atoms with Crippen LogP contribution in [0.1, 0.15) is 5.69 Å². The third-order valence-corrected chi connectivity index (χ3v) is 3.84. The van der Waals surface area contributed by atoms with Crippen molar-refractivity contribution < 1.29 is 13.2 Å². The van der Waals surface area contributed by atoms with Crippen molar-refractivity contribution in [1.82, 2.24) is 4.98 Å². The summed E-state index contributed by atoms with van der Waals surface area (Å²) >= 11 is 17.4. The monoisotopic (exact) mass is 341 g/mol. The third-order valence-electron chi connectivity index (χ3n) is 2.55. The van der Waals surface area contributed by atoms with Crippen LogP contribution in [0.4, 0.5) is 13.2 Å². The van der Waals surface area contributed by atoms with Crippen LogP contribution in [0, 0.1) is 0 Å². The molecule has 0 atom stereocenters. The molecule has 1 aromatic carbocycles. The van der Waals surface area contributed by atoms with E-state index in [-0.39, 0.29) is 20.6 Å². The molecule has 0 spiro atoms. The second kappa shape index (κ2) is 5.31. The quantitative estimate of drug-likeness (QED) is 0.725. The Balaban J connectivity index is 2.84. The normalized spacial score (nSPS) is 11.7. The molecule has 0 unspecified atom stereocenters. The lowest BCUT2D eigenvalue weighted by molar-refractivity contribution is -0.140. The second-order valence-electron chi connectivity index (χ2n) is 3.81. The van der Waals surface area contributed by atoms with Crippen molar-refractivity contribution >= 4 is 34.8 Å². The van der Waals surface area contributed by atoms with Crippen molar-refractivity contribution in [2.45, 2.75) is 6.18 Å². The van der Waals surface area contributed by atoms with E-state index in [1.807, 2.05) is 4.98 Å². The maximum Gasteiger partial charge on any atom is 0.431 e. The van der Waals surface area contributed by atoms with E-state index >= 15 is 0 Å². The highest BCUT2D eigenvalue weighted by Gasteiger charge is 2.36. The summed E-state index contributed by atoms with van der Waals surface area (Å²) in [6.07, 6.45) is -3.81. The van der Waals surface area contributed by atoms with Gasteiger partial charge in [-0.2, -0.15) is 13.2 Å². The van der Waals surface area contributed by atoms with Gasteiger partial charge < -0.3 is 4.98 Å². The molecule has 1 aromatic heterocycles. The number of hydrogen-bond acceptors (Lipinski definition) is 1. The van der Waals surface area contributed by atoms with Gasteiger partial charge >= 0.3 is 6.18 Å². The second-order valence-corrected chi connectivity index (χ2v) is 4.98. The van der Waals surface area contributed by atoms with Crippen LogP contribution < -0.4 is 5.43 Å². The zero-order valence-electron chi connectivity index (χ0n) is 9.49. The number of rotatable bonds is 1. The van der Waals surface area contributed by atoms with Crippen LogP contribution >= 0.6 is 34.8 Å². The van der Waals surface area contributed by atoms with Crippen LogP contribution in [-0.4, -0.2) is 4.98 Å². The molecule has 2 rings (SSSR count). The molecule has 20 heavy (non-hydrogen) atoms. The minimum atomic E-state index is -4.73. The highest BCUT2D eigenvalue weighted by molar-refractivity contribution is 6.49. The Morgan fingerprint density at radius 3 is 2.25 bits per heavy atom. The summed E-state index contributed by atoms with van der Waals surface area (Å²) in [5.41, 5.74) is -2.74. The van der Waals surface area contributed by atoms with Gasteiger partial charge in [0.1, 0.15) is 5.69 Å². The summed E-state index contributed by atoms with van der Waals surface area (Å²) in [6.45, 7) is 0. The third kappa shape index (κ3) is 2.66. The maximum atomic E-state index is 13.0.